The first-order valence-corrected chi connectivity index (χ1v) is 14.2. The molecular formula is C34H32FN3O3. The normalized spacial score (nSPS) is 20.0. The molecule has 41 heavy (non-hydrogen) atoms. The molecule has 0 bridgehead atoms. The zero-order valence-corrected chi connectivity index (χ0v) is 23.0. The first-order valence-electron chi connectivity index (χ1n) is 14.2. The molecule has 7 heteroatoms. The number of furan rings is 1. The van der Waals surface area contributed by atoms with Gasteiger partial charge in [-0.25, -0.2) is 4.39 Å². The Bertz CT molecular complexity index is 1640. The summed E-state index contributed by atoms with van der Waals surface area (Å²) in [5.41, 5.74) is 5.49. The average Bonchev–Trinajstić information content (AvgIpc) is 3.67. The molecule has 3 aliphatic heterocycles. The first kappa shape index (κ1) is 25.7. The number of piperidine rings is 1. The molecule has 2 saturated heterocycles. The predicted octanol–water partition coefficient (Wildman–Crippen LogP) is 5.83. The van der Waals surface area contributed by atoms with Crippen molar-refractivity contribution in [1.29, 1.82) is 0 Å². The number of nitrogens with zero attached hydrogens (tertiary/aromatic N) is 2. The number of hydrogen-bond acceptors (Lipinski definition) is 4. The van der Waals surface area contributed by atoms with E-state index in [2.05, 4.69) is 28.4 Å². The quantitative estimate of drug-likeness (QED) is 0.340. The highest BCUT2D eigenvalue weighted by molar-refractivity contribution is 6.01. The van der Waals surface area contributed by atoms with Gasteiger partial charge in [0.15, 0.2) is 0 Å². The maximum Gasteiger partial charge on any atom is 0.254 e. The van der Waals surface area contributed by atoms with Crippen LogP contribution in [0.3, 0.4) is 0 Å². The van der Waals surface area contributed by atoms with Crippen molar-refractivity contribution >= 4 is 11.8 Å². The summed E-state index contributed by atoms with van der Waals surface area (Å²) in [6.45, 7) is 3.44. The lowest BCUT2D eigenvalue weighted by molar-refractivity contribution is -0.130. The summed E-state index contributed by atoms with van der Waals surface area (Å²) >= 11 is 0. The van der Waals surface area contributed by atoms with Gasteiger partial charge in [0.2, 0.25) is 5.91 Å². The smallest absolute Gasteiger partial charge is 0.254 e. The van der Waals surface area contributed by atoms with E-state index in [1.54, 1.807) is 4.90 Å². The van der Waals surface area contributed by atoms with Crippen molar-refractivity contribution in [2.75, 3.05) is 26.7 Å². The van der Waals surface area contributed by atoms with Gasteiger partial charge >= 0.3 is 0 Å². The van der Waals surface area contributed by atoms with Crippen LogP contribution in [0.25, 0.3) is 22.5 Å². The van der Waals surface area contributed by atoms with E-state index in [4.69, 9.17) is 4.42 Å². The fourth-order valence-corrected chi connectivity index (χ4v) is 7.03. The largest absolute Gasteiger partial charge is 0.460 e. The standard InChI is InChI=1S/C34H32FN3O3/c1-37-21-29-26(7-4-8-28(29)32(37)39)25-5-2-3-6-27(25)31-14-13-24(41-31)20-38-17-15-34(16-18-38)30(19-36-33(34)40)22-9-11-23(35)12-10-22/h2-14,30H,15-21H2,1H3,(H,36,40). The molecule has 6 nitrogen and oxygen atoms in total. The second kappa shape index (κ2) is 10.00. The van der Waals surface area contributed by atoms with Crippen molar-refractivity contribution in [1.82, 2.24) is 15.1 Å². The van der Waals surface area contributed by atoms with Gasteiger partial charge in [0, 0.05) is 37.2 Å². The van der Waals surface area contributed by atoms with Gasteiger partial charge in [-0.15, -0.1) is 0 Å². The van der Waals surface area contributed by atoms with Crippen LogP contribution in [0.5, 0.6) is 0 Å². The van der Waals surface area contributed by atoms with Crippen LogP contribution >= 0.6 is 0 Å². The molecule has 7 rings (SSSR count). The van der Waals surface area contributed by atoms with Gasteiger partial charge in [-0.1, -0.05) is 48.5 Å². The molecule has 1 unspecified atom stereocenters. The van der Waals surface area contributed by atoms with Gasteiger partial charge in [-0.3, -0.25) is 14.5 Å². The Hall–Kier alpha value is -4.23. The van der Waals surface area contributed by atoms with E-state index in [0.29, 0.717) is 19.6 Å². The zero-order chi connectivity index (χ0) is 28.1. The SMILES string of the molecule is CN1Cc2c(cccc2-c2ccccc2-c2ccc(CN3CCC4(CC3)C(=O)NCC4c3ccc(F)cc3)o2)C1=O. The van der Waals surface area contributed by atoms with Crippen LogP contribution in [0, 0.1) is 11.2 Å². The molecule has 1 aromatic heterocycles. The van der Waals surface area contributed by atoms with Crippen molar-refractivity contribution < 1.29 is 18.4 Å². The molecule has 0 radical (unpaired) electrons. The molecule has 2 amide bonds. The Morgan fingerprint density at radius 2 is 1.59 bits per heavy atom. The minimum absolute atomic E-state index is 0.0546. The molecule has 0 aliphatic carbocycles. The molecule has 4 aromatic rings. The van der Waals surface area contributed by atoms with Gasteiger partial charge < -0.3 is 14.6 Å². The number of hydrogen-bond donors (Lipinski definition) is 1. The number of amides is 2. The molecular weight excluding hydrogens is 517 g/mol. The van der Waals surface area contributed by atoms with Crippen LogP contribution in [-0.4, -0.2) is 48.3 Å². The Morgan fingerprint density at radius 3 is 2.37 bits per heavy atom. The maximum atomic E-state index is 13.5. The lowest BCUT2D eigenvalue weighted by atomic mass is 9.68. The van der Waals surface area contributed by atoms with Crippen LogP contribution in [0.1, 0.15) is 46.0 Å². The van der Waals surface area contributed by atoms with Crippen molar-refractivity contribution in [3.63, 3.8) is 0 Å². The van der Waals surface area contributed by atoms with Gasteiger partial charge in [0.25, 0.3) is 5.91 Å². The average molecular weight is 550 g/mol. The number of benzene rings is 3. The van der Waals surface area contributed by atoms with E-state index >= 15 is 0 Å². The summed E-state index contributed by atoms with van der Waals surface area (Å²) in [5, 5.41) is 3.08. The van der Waals surface area contributed by atoms with Crippen molar-refractivity contribution in [2.45, 2.75) is 31.8 Å². The lowest BCUT2D eigenvalue weighted by Gasteiger charge is -2.40. The number of carbonyl (C=O) groups excluding carboxylic acids is 2. The summed E-state index contributed by atoms with van der Waals surface area (Å²) < 4.78 is 19.9. The molecule has 1 spiro atoms. The molecule has 2 fully saturated rings. The van der Waals surface area contributed by atoms with Crippen LogP contribution in [0.4, 0.5) is 4.39 Å². The molecule has 3 aliphatic rings. The molecule has 1 atom stereocenters. The van der Waals surface area contributed by atoms with Gasteiger partial charge in [0.05, 0.1) is 12.0 Å². The summed E-state index contributed by atoms with van der Waals surface area (Å²) in [5.74, 6) is 1.64. The second-order valence-electron chi connectivity index (χ2n) is 11.6. The Morgan fingerprint density at radius 1 is 0.878 bits per heavy atom. The van der Waals surface area contributed by atoms with Crippen LogP contribution in [0.15, 0.2) is 83.3 Å². The molecule has 4 heterocycles. The predicted molar refractivity (Wildman–Crippen MR) is 154 cm³/mol. The minimum Gasteiger partial charge on any atom is -0.460 e. The van der Waals surface area contributed by atoms with E-state index in [-0.39, 0.29) is 23.5 Å². The number of nitrogens with one attached hydrogen (secondary N) is 1. The summed E-state index contributed by atoms with van der Waals surface area (Å²) in [6, 6.07) is 24.8. The Balaban J connectivity index is 1.09. The van der Waals surface area contributed by atoms with E-state index in [1.807, 2.05) is 55.6 Å². The first-order chi connectivity index (χ1) is 19.9. The topological polar surface area (TPSA) is 65.8 Å². The lowest BCUT2D eigenvalue weighted by Crippen LogP contribution is -2.45. The molecule has 208 valence electrons. The highest BCUT2D eigenvalue weighted by Crippen LogP contribution is 2.48. The van der Waals surface area contributed by atoms with Gasteiger partial charge in [-0.05, 0) is 78.5 Å². The summed E-state index contributed by atoms with van der Waals surface area (Å²) in [4.78, 5) is 29.7. The van der Waals surface area contributed by atoms with E-state index in [0.717, 1.165) is 70.8 Å². The van der Waals surface area contributed by atoms with Gasteiger partial charge in [0.1, 0.15) is 17.3 Å². The molecule has 3 aromatic carbocycles. The number of halogens is 1. The van der Waals surface area contributed by atoms with Crippen molar-refractivity contribution in [2.24, 2.45) is 5.41 Å². The third-order valence-electron chi connectivity index (χ3n) is 9.28. The number of carbonyl (C=O) groups is 2. The third kappa shape index (κ3) is 4.36. The van der Waals surface area contributed by atoms with E-state index < -0.39 is 5.41 Å². The Labute approximate surface area is 238 Å². The van der Waals surface area contributed by atoms with E-state index in [1.165, 1.54) is 12.1 Å². The second-order valence-corrected chi connectivity index (χ2v) is 11.6. The van der Waals surface area contributed by atoms with Crippen LogP contribution in [0.2, 0.25) is 0 Å². The Kier molecular flexibility index (Phi) is 6.27. The monoisotopic (exact) mass is 549 g/mol. The highest BCUT2D eigenvalue weighted by Gasteiger charge is 2.51. The highest BCUT2D eigenvalue weighted by atomic mass is 19.1. The third-order valence-corrected chi connectivity index (χ3v) is 9.28. The number of fused-ring (bicyclic) bond motifs is 1. The van der Waals surface area contributed by atoms with Crippen molar-refractivity contribution in [3.05, 3.63) is 107 Å². The summed E-state index contributed by atoms with van der Waals surface area (Å²) in [6.07, 6.45) is 1.51. The van der Waals surface area contributed by atoms with E-state index in [9.17, 15) is 14.0 Å². The molecule has 0 saturated carbocycles. The maximum absolute atomic E-state index is 13.5. The molecule has 1 N–H and O–H groups in total. The number of rotatable bonds is 5. The fourth-order valence-electron chi connectivity index (χ4n) is 7.03. The summed E-state index contributed by atoms with van der Waals surface area (Å²) in [7, 11) is 1.83. The van der Waals surface area contributed by atoms with Crippen LogP contribution in [-0.2, 0) is 17.9 Å². The van der Waals surface area contributed by atoms with Crippen LogP contribution < -0.4 is 5.32 Å². The number of likely N-dealkylation sites (tertiary alicyclic amines) is 1. The minimum atomic E-state index is -0.451. The van der Waals surface area contributed by atoms with Gasteiger partial charge in [-0.2, -0.15) is 0 Å². The zero-order valence-electron chi connectivity index (χ0n) is 23.0. The van der Waals surface area contributed by atoms with Crippen molar-refractivity contribution in [3.8, 4) is 22.5 Å². The fraction of sp³-hybridized carbons (Fsp3) is 0.294.